The molecule has 8 heteroatoms. The maximum absolute atomic E-state index is 13.3. The monoisotopic (exact) mass is 527 g/mol. The molecule has 1 N–H and O–H groups in total. The van der Waals surface area contributed by atoms with Crippen molar-refractivity contribution in [2.45, 2.75) is 26.0 Å². The van der Waals surface area contributed by atoms with Crippen molar-refractivity contribution < 1.29 is 24.2 Å². The number of likely N-dealkylation sites (tertiary alicyclic amines) is 1. The molecule has 0 bridgehead atoms. The summed E-state index contributed by atoms with van der Waals surface area (Å²) in [5, 5.41) is 11.3. The van der Waals surface area contributed by atoms with Gasteiger partial charge >= 0.3 is 0 Å². The minimum atomic E-state index is -0.708. The third-order valence-electron chi connectivity index (χ3n) is 7.30. The minimum absolute atomic E-state index is 0.0768. The summed E-state index contributed by atoms with van der Waals surface area (Å²) in [6, 6.07) is 17.8. The maximum atomic E-state index is 13.3. The van der Waals surface area contributed by atoms with Crippen molar-refractivity contribution in [3.63, 3.8) is 0 Å². The van der Waals surface area contributed by atoms with Gasteiger partial charge in [0.2, 0.25) is 0 Å². The third kappa shape index (κ3) is 6.02. The average molecular weight is 528 g/mol. The molecule has 0 radical (unpaired) electrons. The number of nitrogens with zero attached hydrogens (tertiary/aromatic N) is 3. The lowest BCUT2D eigenvalue weighted by molar-refractivity contribution is -0.140. The van der Waals surface area contributed by atoms with Crippen LogP contribution in [0.3, 0.4) is 0 Å². The van der Waals surface area contributed by atoms with Gasteiger partial charge in [0.25, 0.3) is 11.7 Å². The third-order valence-corrected chi connectivity index (χ3v) is 7.30. The number of carbonyl (C=O) groups excluding carboxylic acids is 2. The lowest BCUT2D eigenvalue weighted by atomic mass is 9.96. The molecule has 3 heterocycles. The first kappa shape index (κ1) is 26.6. The van der Waals surface area contributed by atoms with Gasteiger partial charge in [-0.1, -0.05) is 30.3 Å². The Morgan fingerprint density at radius 1 is 1.03 bits per heavy atom. The lowest BCUT2D eigenvalue weighted by Gasteiger charge is -2.29. The average Bonchev–Trinajstić information content (AvgIpc) is 3.23. The molecule has 1 aromatic heterocycles. The van der Waals surface area contributed by atoms with Crippen molar-refractivity contribution in [3.8, 4) is 5.75 Å². The fourth-order valence-electron chi connectivity index (χ4n) is 5.08. The zero-order valence-electron chi connectivity index (χ0n) is 22.1. The van der Waals surface area contributed by atoms with Crippen LogP contribution < -0.4 is 4.74 Å². The summed E-state index contributed by atoms with van der Waals surface area (Å²) in [5.41, 5.74) is 3.45. The number of aliphatic hydroxyl groups excluding tert-OH is 1. The standard InChI is InChI=1S/C31H33N3O5/c1-22-6-2-3-7-25(22)21-39-26-11-9-23(10-12-26)29(35)27-28(24-8-4-13-32-20-24)34(31(37)30(27)36)15-5-14-33-16-18-38-19-17-33/h2-4,6-13,20,28,35H,5,14-19,21H2,1H3/t28-/m0/s1. The van der Waals surface area contributed by atoms with Crippen molar-refractivity contribution in [2.75, 3.05) is 39.4 Å². The number of ketones is 1. The Hall–Kier alpha value is -4.01. The normalized spacial score (nSPS) is 19.4. The molecule has 0 spiro atoms. The van der Waals surface area contributed by atoms with Crippen molar-refractivity contribution in [1.82, 2.24) is 14.8 Å². The molecule has 1 amide bonds. The van der Waals surface area contributed by atoms with Gasteiger partial charge in [-0.25, -0.2) is 0 Å². The number of hydrogen-bond donors (Lipinski definition) is 1. The van der Waals surface area contributed by atoms with E-state index in [1.165, 1.54) is 0 Å². The Kier molecular flexibility index (Phi) is 8.34. The van der Waals surface area contributed by atoms with Gasteiger partial charge in [-0.2, -0.15) is 0 Å². The predicted octanol–water partition coefficient (Wildman–Crippen LogP) is 4.11. The van der Waals surface area contributed by atoms with E-state index in [9.17, 15) is 14.7 Å². The number of ether oxygens (including phenoxy) is 2. The fraction of sp³-hybridized carbons (Fsp3) is 0.323. The highest BCUT2D eigenvalue weighted by atomic mass is 16.5. The van der Waals surface area contributed by atoms with Crippen LogP contribution >= 0.6 is 0 Å². The van der Waals surface area contributed by atoms with Crippen LogP contribution in [0.15, 0.2) is 78.6 Å². The van der Waals surface area contributed by atoms with E-state index in [0.29, 0.717) is 49.7 Å². The van der Waals surface area contributed by atoms with E-state index in [4.69, 9.17) is 9.47 Å². The summed E-state index contributed by atoms with van der Waals surface area (Å²) in [4.78, 5) is 34.5. The van der Waals surface area contributed by atoms with Crippen LogP contribution in [0.4, 0.5) is 0 Å². The number of pyridine rings is 1. The molecule has 2 saturated heterocycles. The lowest BCUT2D eigenvalue weighted by Crippen LogP contribution is -2.39. The zero-order chi connectivity index (χ0) is 27.2. The summed E-state index contributed by atoms with van der Waals surface area (Å²) >= 11 is 0. The highest BCUT2D eigenvalue weighted by Crippen LogP contribution is 2.39. The molecule has 2 fully saturated rings. The number of rotatable bonds is 9. The summed E-state index contributed by atoms with van der Waals surface area (Å²) in [5.74, 6) is -0.858. The highest BCUT2D eigenvalue weighted by Gasteiger charge is 2.45. The smallest absolute Gasteiger partial charge is 0.295 e. The first-order valence-corrected chi connectivity index (χ1v) is 13.3. The minimum Gasteiger partial charge on any atom is -0.507 e. The number of amides is 1. The van der Waals surface area contributed by atoms with E-state index in [1.807, 2.05) is 37.3 Å². The molecular formula is C31H33N3O5. The van der Waals surface area contributed by atoms with Gasteiger partial charge in [0.15, 0.2) is 0 Å². The second-order valence-electron chi connectivity index (χ2n) is 9.83. The molecule has 2 aliphatic rings. The Labute approximate surface area is 228 Å². The quantitative estimate of drug-likeness (QED) is 0.254. The Morgan fingerprint density at radius 3 is 2.51 bits per heavy atom. The number of benzene rings is 2. The van der Waals surface area contributed by atoms with Gasteiger partial charge in [0.1, 0.15) is 18.1 Å². The van der Waals surface area contributed by atoms with Gasteiger partial charge in [0, 0.05) is 44.1 Å². The SMILES string of the molecule is Cc1ccccc1COc1ccc(C(O)=C2C(=O)C(=O)N(CCCN3CCOCC3)[C@H]2c2cccnc2)cc1. The van der Waals surface area contributed by atoms with Crippen LogP contribution in [-0.2, 0) is 20.9 Å². The van der Waals surface area contributed by atoms with E-state index in [2.05, 4.69) is 9.88 Å². The predicted molar refractivity (Wildman–Crippen MR) is 147 cm³/mol. The molecule has 0 aliphatic carbocycles. The van der Waals surface area contributed by atoms with Crippen LogP contribution in [0, 0.1) is 6.92 Å². The van der Waals surface area contributed by atoms with Crippen molar-refractivity contribution in [3.05, 3.63) is 101 Å². The molecule has 2 aromatic carbocycles. The van der Waals surface area contributed by atoms with E-state index in [0.717, 1.165) is 30.8 Å². The molecule has 202 valence electrons. The van der Waals surface area contributed by atoms with Crippen LogP contribution in [0.25, 0.3) is 5.76 Å². The number of hydrogen-bond acceptors (Lipinski definition) is 7. The zero-order valence-corrected chi connectivity index (χ0v) is 22.1. The van der Waals surface area contributed by atoms with Gasteiger partial charge in [-0.05, 0) is 60.4 Å². The van der Waals surface area contributed by atoms with Gasteiger partial charge in [-0.3, -0.25) is 19.5 Å². The largest absolute Gasteiger partial charge is 0.507 e. The van der Waals surface area contributed by atoms with Crippen molar-refractivity contribution >= 4 is 17.4 Å². The molecule has 0 unspecified atom stereocenters. The molecule has 1 atom stereocenters. The number of aryl methyl sites for hydroxylation is 1. The van der Waals surface area contributed by atoms with Gasteiger partial charge in [0.05, 0.1) is 24.8 Å². The summed E-state index contributed by atoms with van der Waals surface area (Å²) in [6.07, 6.45) is 3.99. The van der Waals surface area contributed by atoms with E-state index in [1.54, 1.807) is 47.6 Å². The number of morpholine rings is 1. The molecule has 39 heavy (non-hydrogen) atoms. The van der Waals surface area contributed by atoms with Gasteiger partial charge in [-0.15, -0.1) is 0 Å². The second kappa shape index (κ2) is 12.2. The molecule has 3 aromatic rings. The number of Topliss-reactive ketones (excluding diaryl/α,β-unsaturated/α-hetero) is 1. The molecule has 0 saturated carbocycles. The number of carbonyl (C=O) groups is 2. The van der Waals surface area contributed by atoms with Crippen molar-refractivity contribution in [1.29, 1.82) is 0 Å². The molecule has 5 rings (SSSR count). The van der Waals surface area contributed by atoms with E-state index >= 15 is 0 Å². The number of aliphatic hydroxyl groups is 1. The fourth-order valence-corrected chi connectivity index (χ4v) is 5.08. The van der Waals surface area contributed by atoms with Crippen LogP contribution in [0.5, 0.6) is 5.75 Å². The number of aromatic nitrogens is 1. The first-order chi connectivity index (χ1) is 19.0. The Bertz CT molecular complexity index is 1330. The molecule has 8 nitrogen and oxygen atoms in total. The van der Waals surface area contributed by atoms with Crippen LogP contribution in [0.1, 0.15) is 34.7 Å². The molecule has 2 aliphatic heterocycles. The second-order valence-corrected chi connectivity index (χ2v) is 9.83. The summed E-state index contributed by atoms with van der Waals surface area (Å²) in [6.45, 7) is 6.78. The highest BCUT2D eigenvalue weighted by molar-refractivity contribution is 6.46. The Balaban J connectivity index is 1.36. The van der Waals surface area contributed by atoms with Crippen molar-refractivity contribution in [2.24, 2.45) is 0 Å². The first-order valence-electron chi connectivity index (χ1n) is 13.3. The van der Waals surface area contributed by atoms with E-state index in [-0.39, 0.29) is 11.3 Å². The van der Waals surface area contributed by atoms with Crippen LogP contribution in [-0.4, -0.2) is 71.0 Å². The molecular weight excluding hydrogens is 494 g/mol. The Morgan fingerprint density at radius 2 is 1.79 bits per heavy atom. The maximum Gasteiger partial charge on any atom is 0.295 e. The summed E-state index contributed by atoms with van der Waals surface area (Å²) in [7, 11) is 0. The van der Waals surface area contributed by atoms with E-state index < -0.39 is 17.7 Å². The summed E-state index contributed by atoms with van der Waals surface area (Å²) < 4.78 is 11.3. The topological polar surface area (TPSA) is 92.2 Å². The van der Waals surface area contributed by atoms with Gasteiger partial charge < -0.3 is 19.5 Å². The van der Waals surface area contributed by atoms with Crippen LogP contribution in [0.2, 0.25) is 0 Å².